The Balaban J connectivity index is 1.96. The largest absolute Gasteiger partial charge is 0.492 e. The van der Waals surface area contributed by atoms with Gasteiger partial charge in [0.15, 0.2) is 16.7 Å². The molecule has 0 aliphatic rings. The van der Waals surface area contributed by atoms with Crippen molar-refractivity contribution in [1.82, 2.24) is 9.97 Å². The molecular formula is C18H14N4OS. The lowest BCUT2D eigenvalue weighted by Crippen LogP contribution is -1.88. The van der Waals surface area contributed by atoms with Crippen molar-refractivity contribution in [3.8, 4) is 5.88 Å². The number of benzene rings is 2. The van der Waals surface area contributed by atoms with Crippen molar-refractivity contribution in [2.75, 3.05) is 0 Å². The summed E-state index contributed by atoms with van der Waals surface area (Å²) in [7, 11) is 0. The van der Waals surface area contributed by atoms with E-state index in [-0.39, 0.29) is 22.5 Å². The number of rotatable bonds is 4. The maximum atomic E-state index is 10.1. The first-order valence-electron chi connectivity index (χ1n) is 7.20. The minimum absolute atomic E-state index is 0.131. The van der Waals surface area contributed by atoms with Crippen molar-refractivity contribution in [3.63, 3.8) is 0 Å². The third-order valence-electron chi connectivity index (χ3n) is 3.11. The molecule has 3 aromatic rings. The van der Waals surface area contributed by atoms with E-state index >= 15 is 0 Å². The van der Waals surface area contributed by atoms with Crippen molar-refractivity contribution in [2.24, 2.45) is 9.98 Å². The van der Waals surface area contributed by atoms with Crippen molar-refractivity contribution < 1.29 is 5.11 Å². The summed E-state index contributed by atoms with van der Waals surface area (Å²) in [5.41, 5.74) is 2.00. The SMILES string of the molecule is Oc1nc(S)nc(/N=C/c2ccccc2)c1/N=C/c1ccccc1. The fourth-order valence-electron chi connectivity index (χ4n) is 1.98. The molecule has 0 saturated carbocycles. The molecule has 0 aliphatic carbocycles. The Bertz CT molecular complexity index is 880. The smallest absolute Gasteiger partial charge is 0.243 e. The highest BCUT2D eigenvalue weighted by atomic mass is 32.1. The summed E-state index contributed by atoms with van der Waals surface area (Å²) in [6, 6.07) is 19.1. The Kier molecular flexibility index (Phi) is 4.98. The van der Waals surface area contributed by atoms with Crippen LogP contribution in [0.15, 0.2) is 75.8 Å². The molecule has 0 fully saturated rings. The topological polar surface area (TPSA) is 70.7 Å². The number of aromatic hydroxyl groups is 1. The number of aromatic nitrogens is 2. The zero-order valence-electron chi connectivity index (χ0n) is 12.6. The average molecular weight is 334 g/mol. The van der Waals surface area contributed by atoms with E-state index in [1.54, 1.807) is 12.4 Å². The maximum Gasteiger partial charge on any atom is 0.243 e. The quantitative estimate of drug-likeness (QED) is 0.431. The number of nitrogens with zero attached hydrogens (tertiary/aromatic N) is 4. The third-order valence-corrected chi connectivity index (χ3v) is 3.31. The van der Waals surface area contributed by atoms with Crippen LogP contribution in [0.5, 0.6) is 5.88 Å². The Morgan fingerprint density at radius 3 is 1.92 bits per heavy atom. The molecule has 2 aromatic carbocycles. The molecule has 3 rings (SSSR count). The van der Waals surface area contributed by atoms with Gasteiger partial charge in [-0.05, 0) is 11.1 Å². The van der Waals surface area contributed by atoms with Gasteiger partial charge < -0.3 is 5.11 Å². The van der Waals surface area contributed by atoms with E-state index in [0.717, 1.165) is 11.1 Å². The van der Waals surface area contributed by atoms with Crippen LogP contribution in [0.25, 0.3) is 0 Å². The summed E-state index contributed by atoms with van der Waals surface area (Å²) in [5.74, 6) is -0.00840. The van der Waals surface area contributed by atoms with Crippen LogP contribution in [-0.2, 0) is 0 Å². The number of thiol groups is 1. The second-order valence-corrected chi connectivity index (χ2v) is 5.26. The molecule has 6 heteroatoms. The van der Waals surface area contributed by atoms with Gasteiger partial charge >= 0.3 is 0 Å². The Morgan fingerprint density at radius 1 is 0.792 bits per heavy atom. The van der Waals surface area contributed by atoms with E-state index in [1.165, 1.54) is 0 Å². The van der Waals surface area contributed by atoms with E-state index < -0.39 is 0 Å². The van der Waals surface area contributed by atoms with Crippen LogP contribution >= 0.6 is 12.6 Å². The molecule has 118 valence electrons. The summed E-state index contributed by atoms with van der Waals surface area (Å²) in [6.45, 7) is 0. The van der Waals surface area contributed by atoms with Gasteiger partial charge in [-0.3, -0.25) is 0 Å². The molecule has 0 radical (unpaired) electrons. The fourth-order valence-corrected chi connectivity index (χ4v) is 2.17. The van der Waals surface area contributed by atoms with Gasteiger partial charge in [0.2, 0.25) is 5.88 Å². The Labute approximate surface area is 144 Å². The highest BCUT2D eigenvalue weighted by molar-refractivity contribution is 7.80. The molecule has 0 amide bonds. The molecule has 24 heavy (non-hydrogen) atoms. The minimum Gasteiger partial charge on any atom is -0.492 e. The second kappa shape index (κ2) is 7.52. The lowest BCUT2D eigenvalue weighted by atomic mass is 10.2. The molecule has 0 saturated heterocycles. The first-order valence-corrected chi connectivity index (χ1v) is 7.65. The summed E-state index contributed by atoms with van der Waals surface area (Å²) >= 11 is 4.08. The van der Waals surface area contributed by atoms with Crippen LogP contribution in [0.1, 0.15) is 11.1 Å². The van der Waals surface area contributed by atoms with Gasteiger partial charge in [-0.1, -0.05) is 60.7 Å². The van der Waals surface area contributed by atoms with E-state index in [4.69, 9.17) is 0 Å². The zero-order chi connectivity index (χ0) is 16.8. The van der Waals surface area contributed by atoms with Gasteiger partial charge in [0.1, 0.15) is 0 Å². The number of hydrogen-bond acceptors (Lipinski definition) is 6. The van der Waals surface area contributed by atoms with Crippen LogP contribution in [0.3, 0.4) is 0 Å². The van der Waals surface area contributed by atoms with Crippen LogP contribution in [0.4, 0.5) is 11.5 Å². The lowest BCUT2D eigenvalue weighted by molar-refractivity contribution is 0.448. The predicted octanol–water partition coefficient (Wildman–Crippen LogP) is 3.97. The molecule has 0 atom stereocenters. The van der Waals surface area contributed by atoms with Crippen molar-refractivity contribution in [1.29, 1.82) is 0 Å². The fraction of sp³-hybridized carbons (Fsp3) is 0. The Morgan fingerprint density at radius 2 is 1.33 bits per heavy atom. The van der Waals surface area contributed by atoms with E-state index in [9.17, 15) is 5.11 Å². The molecule has 0 spiro atoms. The molecule has 1 heterocycles. The summed E-state index contributed by atoms with van der Waals surface area (Å²) in [6.07, 6.45) is 3.27. The van der Waals surface area contributed by atoms with Crippen molar-refractivity contribution in [2.45, 2.75) is 5.16 Å². The lowest BCUT2D eigenvalue weighted by Gasteiger charge is -2.03. The average Bonchev–Trinajstić information content (AvgIpc) is 2.61. The first-order chi connectivity index (χ1) is 11.7. The molecule has 5 nitrogen and oxygen atoms in total. The van der Waals surface area contributed by atoms with Gasteiger partial charge in [-0.2, -0.15) is 4.98 Å². The van der Waals surface area contributed by atoms with Crippen molar-refractivity contribution in [3.05, 3.63) is 71.8 Å². The molecule has 1 N–H and O–H groups in total. The van der Waals surface area contributed by atoms with E-state index in [0.29, 0.717) is 0 Å². The third kappa shape index (κ3) is 4.05. The second-order valence-electron chi connectivity index (χ2n) is 4.86. The molecular weight excluding hydrogens is 320 g/mol. The van der Waals surface area contributed by atoms with Crippen LogP contribution < -0.4 is 0 Å². The first kappa shape index (κ1) is 15.9. The summed E-state index contributed by atoms with van der Waals surface area (Å²) < 4.78 is 0. The summed E-state index contributed by atoms with van der Waals surface area (Å²) in [4.78, 5) is 16.6. The normalized spacial score (nSPS) is 11.4. The Hall–Kier alpha value is -2.99. The maximum absolute atomic E-state index is 10.1. The monoisotopic (exact) mass is 334 g/mol. The highest BCUT2D eigenvalue weighted by Gasteiger charge is 2.11. The van der Waals surface area contributed by atoms with Crippen LogP contribution in [0.2, 0.25) is 0 Å². The molecule has 0 unspecified atom stereocenters. The van der Waals surface area contributed by atoms with E-state index in [1.807, 2.05) is 60.7 Å². The van der Waals surface area contributed by atoms with Gasteiger partial charge in [0.05, 0.1) is 0 Å². The zero-order valence-corrected chi connectivity index (χ0v) is 13.5. The number of hydrogen-bond donors (Lipinski definition) is 2. The van der Waals surface area contributed by atoms with Gasteiger partial charge in [-0.25, -0.2) is 15.0 Å². The number of aliphatic imine (C=N–C) groups is 2. The van der Waals surface area contributed by atoms with Crippen LogP contribution in [0, 0.1) is 0 Å². The molecule has 0 aliphatic heterocycles. The van der Waals surface area contributed by atoms with Gasteiger partial charge in [-0.15, -0.1) is 12.6 Å². The van der Waals surface area contributed by atoms with Crippen LogP contribution in [-0.4, -0.2) is 27.5 Å². The molecule has 1 aromatic heterocycles. The standard InChI is InChI=1S/C18H14N4OS/c23-17-15(19-11-13-7-3-1-4-8-13)16(21-18(24)22-17)20-12-14-9-5-2-6-10-14/h1-12H,(H2,21,22,23,24)/b19-11+,20-12+. The summed E-state index contributed by atoms with van der Waals surface area (Å²) in [5, 5.41) is 10.2. The van der Waals surface area contributed by atoms with Crippen molar-refractivity contribution >= 4 is 36.6 Å². The highest BCUT2D eigenvalue weighted by Crippen LogP contribution is 2.34. The predicted molar refractivity (Wildman–Crippen MR) is 98.3 cm³/mol. The molecule has 0 bridgehead atoms. The van der Waals surface area contributed by atoms with Gasteiger partial charge in [0, 0.05) is 12.4 Å². The van der Waals surface area contributed by atoms with Gasteiger partial charge in [0.25, 0.3) is 0 Å². The minimum atomic E-state index is -0.262. The van der Waals surface area contributed by atoms with E-state index in [2.05, 4.69) is 32.6 Å².